The van der Waals surface area contributed by atoms with Crippen molar-refractivity contribution in [3.05, 3.63) is 57.5 Å². The summed E-state index contributed by atoms with van der Waals surface area (Å²) in [7, 11) is -3.62. The van der Waals surface area contributed by atoms with Crippen LogP contribution >= 0.6 is 43.5 Å². The van der Waals surface area contributed by atoms with Gasteiger partial charge in [0.1, 0.15) is 0 Å². The predicted molar refractivity (Wildman–Crippen MR) is 89.0 cm³/mol. The predicted octanol–water partition coefficient (Wildman–Crippen LogP) is 4.80. The second-order valence-electron chi connectivity index (χ2n) is 4.01. The van der Waals surface area contributed by atoms with Crippen LogP contribution in [0.2, 0.25) is 5.02 Å². The summed E-state index contributed by atoms with van der Waals surface area (Å²) >= 11 is 12.4. The summed E-state index contributed by atoms with van der Waals surface area (Å²) in [5.41, 5.74) is 1.59. The summed E-state index contributed by atoms with van der Waals surface area (Å²) < 4.78 is 27.5. The molecule has 0 saturated carbocycles. The average Bonchev–Trinajstić information content (AvgIpc) is 2.42. The Labute approximate surface area is 139 Å². The lowest BCUT2D eigenvalue weighted by atomic mass is 10.2. The maximum absolute atomic E-state index is 12.2. The number of alkyl halides is 1. The van der Waals surface area contributed by atoms with E-state index in [1.165, 1.54) is 18.2 Å². The third-order valence-corrected chi connectivity index (χ3v) is 5.80. The minimum atomic E-state index is -3.62. The summed E-state index contributed by atoms with van der Waals surface area (Å²) in [6.07, 6.45) is 0. The van der Waals surface area contributed by atoms with Crippen LogP contribution in [0.5, 0.6) is 0 Å². The minimum absolute atomic E-state index is 0.151. The summed E-state index contributed by atoms with van der Waals surface area (Å²) in [6.45, 7) is 0. The van der Waals surface area contributed by atoms with Crippen molar-refractivity contribution in [1.82, 2.24) is 0 Å². The number of anilines is 1. The highest BCUT2D eigenvalue weighted by Crippen LogP contribution is 2.26. The minimum Gasteiger partial charge on any atom is -0.280 e. The van der Waals surface area contributed by atoms with Crippen LogP contribution in [-0.4, -0.2) is 8.42 Å². The van der Waals surface area contributed by atoms with Crippen LogP contribution < -0.4 is 4.72 Å². The molecule has 2 rings (SSSR count). The Bertz CT molecular complexity index is 718. The molecule has 0 amide bonds. The number of hydrogen-bond acceptors (Lipinski definition) is 2. The van der Waals surface area contributed by atoms with Gasteiger partial charge in [0.05, 0.1) is 9.92 Å². The van der Waals surface area contributed by atoms with Gasteiger partial charge in [-0.05, 0) is 51.8 Å². The van der Waals surface area contributed by atoms with E-state index in [1.807, 2.05) is 12.1 Å². The number of halogens is 3. The Hall–Kier alpha value is -0.560. The second kappa shape index (κ2) is 6.47. The molecule has 0 bridgehead atoms. The van der Waals surface area contributed by atoms with Gasteiger partial charge in [-0.3, -0.25) is 4.72 Å². The fraction of sp³-hybridized carbons (Fsp3) is 0.0769. The first-order valence-corrected chi connectivity index (χ1v) is 9.33. The van der Waals surface area contributed by atoms with Gasteiger partial charge in [-0.1, -0.05) is 39.7 Å². The molecule has 0 aliphatic carbocycles. The van der Waals surface area contributed by atoms with Crippen LogP contribution in [0.3, 0.4) is 0 Å². The summed E-state index contributed by atoms with van der Waals surface area (Å²) in [5.74, 6) is 0. The average molecular weight is 440 g/mol. The quantitative estimate of drug-likeness (QED) is 0.696. The standard InChI is InChI=1S/C13H10Br2ClNO2S/c14-8-9-1-3-10(4-2-9)17-20(18,19)11-5-6-13(16)12(15)7-11/h1-7,17H,8H2. The van der Waals surface area contributed by atoms with Gasteiger partial charge >= 0.3 is 0 Å². The molecule has 0 aliphatic heterocycles. The van der Waals surface area contributed by atoms with Crippen LogP contribution in [0, 0.1) is 0 Å². The van der Waals surface area contributed by atoms with Gasteiger partial charge in [0.15, 0.2) is 0 Å². The molecule has 3 nitrogen and oxygen atoms in total. The molecule has 0 atom stereocenters. The molecule has 0 heterocycles. The molecule has 0 aliphatic rings. The molecule has 0 radical (unpaired) electrons. The molecular weight excluding hydrogens is 429 g/mol. The van der Waals surface area contributed by atoms with Gasteiger partial charge in [-0.15, -0.1) is 0 Å². The van der Waals surface area contributed by atoms with Crippen molar-refractivity contribution in [3.8, 4) is 0 Å². The van der Waals surface area contributed by atoms with Gasteiger partial charge in [-0.25, -0.2) is 8.42 Å². The van der Waals surface area contributed by atoms with E-state index in [-0.39, 0.29) is 4.90 Å². The van der Waals surface area contributed by atoms with Crippen molar-refractivity contribution < 1.29 is 8.42 Å². The smallest absolute Gasteiger partial charge is 0.261 e. The zero-order valence-electron chi connectivity index (χ0n) is 10.1. The number of benzene rings is 2. The molecule has 0 saturated heterocycles. The van der Waals surface area contributed by atoms with Crippen molar-refractivity contribution >= 4 is 59.2 Å². The summed E-state index contributed by atoms with van der Waals surface area (Å²) in [4.78, 5) is 0.151. The number of rotatable bonds is 4. The van der Waals surface area contributed by atoms with E-state index in [1.54, 1.807) is 12.1 Å². The first kappa shape index (κ1) is 15.8. The zero-order valence-corrected chi connectivity index (χ0v) is 14.9. The van der Waals surface area contributed by atoms with Crippen molar-refractivity contribution in [3.63, 3.8) is 0 Å². The lowest BCUT2D eigenvalue weighted by molar-refractivity contribution is 0.601. The van der Waals surface area contributed by atoms with Gasteiger partial charge in [0, 0.05) is 15.5 Å². The molecule has 0 spiro atoms. The molecule has 106 valence electrons. The Balaban J connectivity index is 2.27. The third-order valence-electron chi connectivity index (χ3n) is 2.56. The molecule has 2 aromatic rings. The molecule has 2 aromatic carbocycles. The number of hydrogen-bond donors (Lipinski definition) is 1. The fourth-order valence-corrected chi connectivity index (χ4v) is 3.63. The Morgan fingerprint density at radius 3 is 2.30 bits per heavy atom. The maximum Gasteiger partial charge on any atom is 0.261 e. The SMILES string of the molecule is O=S(=O)(Nc1ccc(CBr)cc1)c1ccc(Cl)c(Br)c1. The normalized spacial score (nSPS) is 11.3. The topological polar surface area (TPSA) is 46.2 Å². The van der Waals surface area contributed by atoms with E-state index >= 15 is 0 Å². The molecule has 0 aromatic heterocycles. The summed E-state index contributed by atoms with van der Waals surface area (Å²) in [5, 5.41) is 1.19. The largest absolute Gasteiger partial charge is 0.280 e. The van der Waals surface area contributed by atoms with Crippen LogP contribution in [0.4, 0.5) is 5.69 Å². The van der Waals surface area contributed by atoms with Crippen LogP contribution in [0.15, 0.2) is 51.8 Å². The van der Waals surface area contributed by atoms with Crippen molar-refractivity contribution in [2.75, 3.05) is 4.72 Å². The monoisotopic (exact) mass is 437 g/mol. The second-order valence-corrected chi connectivity index (χ2v) is 7.52. The van der Waals surface area contributed by atoms with Gasteiger partial charge < -0.3 is 0 Å². The Morgan fingerprint density at radius 1 is 1.10 bits per heavy atom. The Morgan fingerprint density at radius 2 is 1.75 bits per heavy atom. The zero-order chi connectivity index (χ0) is 14.8. The van der Waals surface area contributed by atoms with E-state index in [0.29, 0.717) is 15.2 Å². The van der Waals surface area contributed by atoms with Gasteiger partial charge in [0.2, 0.25) is 0 Å². The van der Waals surface area contributed by atoms with Crippen molar-refractivity contribution in [2.24, 2.45) is 0 Å². The van der Waals surface area contributed by atoms with E-state index in [4.69, 9.17) is 11.6 Å². The summed E-state index contributed by atoms with van der Waals surface area (Å²) in [6, 6.07) is 11.6. The molecule has 20 heavy (non-hydrogen) atoms. The van der Waals surface area contributed by atoms with E-state index in [2.05, 4.69) is 36.6 Å². The van der Waals surface area contributed by atoms with E-state index in [9.17, 15) is 8.42 Å². The van der Waals surface area contributed by atoms with Crippen LogP contribution in [-0.2, 0) is 15.4 Å². The molecule has 0 fully saturated rings. The fourth-order valence-electron chi connectivity index (χ4n) is 1.52. The van der Waals surface area contributed by atoms with E-state index in [0.717, 1.165) is 10.9 Å². The lowest BCUT2D eigenvalue weighted by Crippen LogP contribution is -2.12. The number of sulfonamides is 1. The highest BCUT2D eigenvalue weighted by molar-refractivity contribution is 9.10. The number of nitrogens with one attached hydrogen (secondary N) is 1. The highest BCUT2D eigenvalue weighted by atomic mass is 79.9. The highest BCUT2D eigenvalue weighted by Gasteiger charge is 2.15. The molecule has 7 heteroatoms. The van der Waals surface area contributed by atoms with Crippen molar-refractivity contribution in [1.29, 1.82) is 0 Å². The molecular formula is C13H10Br2ClNO2S. The molecule has 0 unspecified atom stereocenters. The van der Waals surface area contributed by atoms with Crippen molar-refractivity contribution in [2.45, 2.75) is 10.2 Å². The third kappa shape index (κ3) is 3.75. The van der Waals surface area contributed by atoms with Crippen LogP contribution in [0.25, 0.3) is 0 Å². The van der Waals surface area contributed by atoms with E-state index < -0.39 is 10.0 Å². The molecule has 1 N–H and O–H groups in total. The lowest BCUT2D eigenvalue weighted by Gasteiger charge is -2.09. The first-order valence-electron chi connectivity index (χ1n) is 5.55. The van der Waals surface area contributed by atoms with Gasteiger partial charge in [0.25, 0.3) is 10.0 Å². The Kier molecular flexibility index (Phi) is 5.12. The van der Waals surface area contributed by atoms with Crippen LogP contribution in [0.1, 0.15) is 5.56 Å². The maximum atomic E-state index is 12.2. The van der Waals surface area contributed by atoms with Gasteiger partial charge in [-0.2, -0.15) is 0 Å². The first-order chi connectivity index (χ1) is 9.42.